The Morgan fingerprint density at radius 1 is 1.17 bits per heavy atom. The van der Waals surface area contributed by atoms with Crippen LogP contribution in [-0.2, 0) is 16.4 Å². The molecule has 1 aliphatic heterocycles. The summed E-state index contributed by atoms with van der Waals surface area (Å²) in [5.41, 5.74) is -0.405. The van der Waals surface area contributed by atoms with E-state index in [2.05, 4.69) is 23.0 Å². The van der Waals surface area contributed by atoms with Gasteiger partial charge in [-0.3, -0.25) is 10.1 Å². The third kappa shape index (κ3) is 3.56. The minimum Gasteiger partial charge on any atom is -0.353 e. The average Bonchev–Trinajstić information content (AvgIpc) is 3.17. The van der Waals surface area contributed by atoms with Crippen molar-refractivity contribution in [3.8, 4) is 0 Å². The lowest BCUT2D eigenvalue weighted by Crippen LogP contribution is -2.49. The van der Waals surface area contributed by atoms with Gasteiger partial charge in [0.1, 0.15) is 17.0 Å². The molecule has 3 aromatic rings. The molecule has 29 heavy (non-hydrogen) atoms. The smallest absolute Gasteiger partial charge is 0.289 e. The summed E-state index contributed by atoms with van der Waals surface area (Å²) in [4.78, 5) is 23.3. The number of para-hydroxylation sites is 1. The maximum absolute atomic E-state index is 13.0. The summed E-state index contributed by atoms with van der Waals surface area (Å²) in [7, 11) is -3.95. The lowest BCUT2D eigenvalue weighted by molar-refractivity contribution is -0.387. The number of hydrogen-bond donors (Lipinski definition) is 0. The number of sulfonamides is 1. The van der Waals surface area contributed by atoms with Crippen molar-refractivity contribution in [1.82, 2.24) is 14.3 Å². The third-order valence-corrected chi connectivity index (χ3v) is 8.06. The molecule has 0 N–H and O–H groups in total. The Labute approximate surface area is 171 Å². The fraction of sp³-hybridized carbons (Fsp3) is 0.333. The highest BCUT2D eigenvalue weighted by Gasteiger charge is 2.34. The largest absolute Gasteiger partial charge is 0.353 e. The number of nitro benzene ring substituents is 1. The fourth-order valence-electron chi connectivity index (χ4n) is 3.42. The van der Waals surface area contributed by atoms with E-state index in [0.29, 0.717) is 13.1 Å². The number of rotatable bonds is 5. The summed E-state index contributed by atoms with van der Waals surface area (Å²) in [6.07, 6.45) is 2.45. The second kappa shape index (κ2) is 7.65. The number of thiophene rings is 1. The van der Waals surface area contributed by atoms with Crippen LogP contribution in [0.5, 0.6) is 0 Å². The summed E-state index contributed by atoms with van der Waals surface area (Å²) in [5, 5.41) is 12.2. The number of nitrogens with zero attached hydrogens (tertiary/aromatic N) is 5. The maximum atomic E-state index is 13.0. The molecule has 11 heteroatoms. The normalized spacial score (nSPS) is 15.7. The summed E-state index contributed by atoms with van der Waals surface area (Å²) in [5.74, 6) is 0.800. The molecule has 9 nitrogen and oxygen atoms in total. The SMILES string of the molecule is CCc1cc2c(N3CCN(S(=O)(=O)c4ccccc4[N+](=O)[O-])CC3)ncnc2s1. The molecule has 0 amide bonds. The number of nitro groups is 1. The second-order valence-corrected chi connectivity index (χ2v) is 9.62. The van der Waals surface area contributed by atoms with Gasteiger partial charge in [0.05, 0.1) is 10.3 Å². The first kappa shape index (κ1) is 19.7. The molecule has 4 rings (SSSR count). The molecule has 0 bridgehead atoms. The van der Waals surface area contributed by atoms with Crippen LogP contribution in [0.3, 0.4) is 0 Å². The van der Waals surface area contributed by atoms with Crippen molar-refractivity contribution in [2.45, 2.75) is 18.2 Å². The van der Waals surface area contributed by atoms with E-state index in [9.17, 15) is 18.5 Å². The van der Waals surface area contributed by atoms with Crippen LogP contribution < -0.4 is 4.90 Å². The van der Waals surface area contributed by atoms with Crippen molar-refractivity contribution in [3.63, 3.8) is 0 Å². The Kier molecular flexibility index (Phi) is 5.19. The van der Waals surface area contributed by atoms with Gasteiger partial charge in [-0.1, -0.05) is 19.1 Å². The third-order valence-electron chi connectivity index (χ3n) is 4.93. The van der Waals surface area contributed by atoms with Crippen molar-refractivity contribution in [3.05, 3.63) is 51.7 Å². The van der Waals surface area contributed by atoms with Crippen LogP contribution >= 0.6 is 11.3 Å². The fourth-order valence-corrected chi connectivity index (χ4v) is 5.93. The van der Waals surface area contributed by atoms with E-state index in [0.717, 1.165) is 22.5 Å². The molecule has 0 atom stereocenters. The monoisotopic (exact) mass is 433 g/mol. The van der Waals surface area contributed by atoms with Gasteiger partial charge in [-0.05, 0) is 18.6 Å². The Hall–Kier alpha value is -2.63. The molecule has 0 saturated carbocycles. The molecule has 1 aromatic carbocycles. The van der Waals surface area contributed by atoms with E-state index in [1.807, 2.05) is 4.90 Å². The Morgan fingerprint density at radius 3 is 2.59 bits per heavy atom. The number of fused-ring (bicyclic) bond motifs is 1. The lowest BCUT2D eigenvalue weighted by atomic mass is 10.2. The number of aromatic nitrogens is 2. The maximum Gasteiger partial charge on any atom is 0.289 e. The van der Waals surface area contributed by atoms with Crippen LogP contribution in [-0.4, -0.2) is 53.8 Å². The van der Waals surface area contributed by atoms with Crippen LogP contribution in [0.15, 0.2) is 41.6 Å². The van der Waals surface area contributed by atoms with Gasteiger partial charge in [0, 0.05) is 37.1 Å². The highest BCUT2D eigenvalue weighted by atomic mass is 32.2. The predicted molar refractivity (Wildman–Crippen MR) is 111 cm³/mol. The van der Waals surface area contributed by atoms with Gasteiger partial charge in [-0.15, -0.1) is 11.3 Å². The molecule has 0 aliphatic carbocycles. The zero-order chi connectivity index (χ0) is 20.6. The van der Waals surface area contributed by atoms with E-state index < -0.39 is 20.6 Å². The number of anilines is 1. The van der Waals surface area contributed by atoms with Crippen molar-refractivity contribution in [2.24, 2.45) is 0 Å². The Bertz CT molecular complexity index is 1170. The van der Waals surface area contributed by atoms with Gasteiger partial charge in [0.25, 0.3) is 5.69 Å². The highest BCUT2D eigenvalue weighted by molar-refractivity contribution is 7.89. The van der Waals surface area contributed by atoms with Crippen molar-refractivity contribution >= 4 is 43.1 Å². The first-order valence-electron chi connectivity index (χ1n) is 9.13. The van der Waals surface area contributed by atoms with Crippen molar-refractivity contribution in [1.29, 1.82) is 0 Å². The number of hydrogen-bond acceptors (Lipinski definition) is 8. The standard InChI is InChI=1S/C18H19N5O4S2/c1-2-13-11-14-17(19-12-20-18(14)28-13)21-7-9-22(10-8-21)29(26,27)16-6-4-3-5-15(16)23(24)25/h3-6,11-12H,2,7-10H2,1H3. The predicted octanol–water partition coefficient (Wildman–Crippen LogP) is 2.67. The van der Waals surface area contributed by atoms with Crippen LogP contribution in [0.4, 0.5) is 11.5 Å². The van der Waals surface area contributed by atoms with Gasteiger partial charge in [0.2, 0.25) is 10.0 Å². The molecule has 152 valence electrons. The Morgan fingerprint density at radius 2 is 1.90 bits per heavy atom. The van der Waals surface area contributed by atoms with Gasteiger partial charge >= 0.3 is 0 Å². The first-order valence-corrected chi connectivity index (χ1v) is 11.4. The van der Waals surface area contributed by atoms with Crippen LogP contribution in [0.25, 0.3) is 10.2 Å². The van der Waals surface area contributed by atoms with Gasteiger partial charge in [0.15, 0.2) is 4.90 Å². The zero-order valence-electron chi connectivity index (χ0n) is 15.7. The zero-order valence-corrected chi connectivity index (χ0v) is 17.3. The summed E-state index contributed by atoms with van der Waals surface area (Å²) >= 11 is 1.63. The average molecular weight is 434 g/mol. The summed E-state index contributed by atoms with van der Waals surface area (Å²) in [6.45, 7) is 3.44. The Balaban J connectivity index is 1.57. The molecule has 0 spiro atoms. The number of piperazine rings is 1. The highest BCUT2D eigenvalue weighted by Crippen LogP contribution is 2.32. The van der Waals surface area contributed by atoms with E-state index in [4.69, 9.17) is 0 Å². The minimum atomic E-state index is -3.95. The van der Waals surface area contributed by atoms with E-state index in [1.54, 1.807) is 11.3 Å². The molecule has 2 aromatic heterocycles. The molecule has 1 saturated heterocycles. The molecular formula is C18H19N5O4S2. The van der Waals surface area contributed by atoms with Gasteiger partial charge in [-0.25, -0.2) is 18.4 Å². The lowest BCUT2D eigenvalue weighted by Gasteiger charge is -2.34. The van der Waals surface area contributed by atoms with Crippen LogP contribution in [0, 0.1) is 10.1 Å². The number of benzene rings is 1. The number of aryl methyl sites for hydroxylation is 1. The summed E-state index contributed by atoms with van der Waals surface area (Å²) in [6, 6.07) is 7.54. The van der Waals surface area contributed by atoms with E-state index in [1.165, 1.54) is 39.8 Å². The summed E-state index contributed by atoms with van der Waals surface area (Å²) < 4.78 is 27.3. The van der Waals surface area contributed by atoms with E-state index >= 15 is 0 Å². The molecule has 0 radical (unpaired) electrons. The van der Waals surface area contributed by atoms with Gasteiger partial charge < -0.3 is 4.90 Å². The van der Waals surface area contributed by atoms with Gasteiger partial charge in [-0.2, -0.15) is 4.31 Å². The van der Waals surface area contributed by atoms with E-state index in [-0.39, 0.29) is 18.0 Å². The molecule has 1 aliphatic rings. The molecular weight excluding hydrogens is 414 g/mol. The quantitative estimate of drug-likeness (QED) is 0.449. The van der Waals surface area contributed by atoms with Crippen molar-refractivity contribution < 1.29 is 13.3 Å². The van der Waals surface area contributed by atoms with Crippen molar-refractivity contribution in [2.75, 3.05) is 31.1 Å². The van der Waals surface area contributed by atoms with Crippen LogP contribution in [0.1, 0.15) is 11.8 Å². The topological polar surface area (TPSA) is 110 Å². The first-order chi connectivity index (χ1) is 13.9. The molecule has 1 fully saturated rings. The second-order valence-electron chi connectivity index (χ2n) is 6.60. The minimum absolute atomic E-state index is 0.227. The molecule has 3 heterocycles. The van der Waals surface area contributed by atoms with Crippen LogP contribution in [0.2, 0.25) is 0 Å². The molecule has 0 unspecified atom stereocenters.